The van der Waals surface area contributed by atoms with E-state index in [0.717, 1.165) is 16.9 Å². The average Bonchev–Trinajstić information content (AvgIpc) is 3.38. The van der Waals surface area contributed by atoms with Gasteiger partial charge in [-0.25, -0.2) is 9.80 Å². The van der Waals surface area contributed by atoms with E-state index in [1.807, 2.05) is 12.1 Å². The van der Waals surface area contributed by atoms with Gasteiger partial charge in [0.1, 0.15) is 11.5 Å². The third kappa shape index (κ3) is 3.98. The van der Waals surface area contributed by atoms with E-state index in [4.69, 9.17) is 4.74 Å². The highest BCUT2D eigenvalue weighted by Crippen LogP contribution is 2.35. The van der Waals surface area contributed by atoms with Crippen LogP contribution in [0, 0.1) is 0 Å². The normalized spacial score (nSPS) is 14.6. The SMILES string of the molecule is CCC(C)(C)c1ccc2c(c1)C(=O)N(c1ccc(Oc3ccc(N4C(=O)c5ccccc5C4=O)cc3)cc1)C2=O. The molecule has 0 fully saturated rings. The summed E-state index contributed by atoms with van der Waals surface area (Å²) in [7, 11) is 0. The third-order valence-electron chi connectivity index (χ3n) is 7.77. The topological polar surface area (TPSA) is 84.0 Å². The van der Waals surface area contributed by atoms with Crippen molar-refractivity contribution in [2.45, 2.75) is 32.6 Å². The molecule has 2 aliphatic rings. The van der Waals surface area contributed by atoms with Gasteiger partial charge in [-0.3, -0.25) is 19.2 Å². The third-order valence-corrected chi connectivity index (χ3v) is 7.77. The fourth-order valence-corrected chi connectivity index (χ4v) is 4.99. The van der Waals surface area contributed by atoms with Crippen LogP contribution < -0.4 is 14.5 Å². The summed E-state index contributed by atoms with van der Waals surface area (Å²) in [5.41, 5.74) is 3.41. The average molecular weight is 531 g/mol. The number of benzene rings is 4. The summed E-state index contributed by atoms with van der Waals surface area (Å²) < 4.78 is 5.93. The van der Waals surface area contributed by atoms with Crippen molar-refractivity contribution in [2.24, 2.45) is 0 Å². The van der Waals surface area contributed by atoms with Crippen LogP contribution in [0.4, 0.5) is 11.4 Å². The summed E-state index contributed by atoms with van der Waals surface area (Å²) in [6.45, 7) is 6.33. The van der Waals surface area contributed by atoms with E-state index < -0.39 is 0 Å². The molecule has 7 heteroatoms. The largest absolute Gasteiger partial charge is 0.457 e. The van der Waals surface area contributed by atoms with E-state index in [1.54, 1.807) is 78.9 Å². The number of nitrogens with zero attached hydrogens (tertiary/aromatic N) is 2. The molecule has 7 nitrogen and oxygen atoms in total. The lowest BCUT2D eigenvalue weighted by Gasteiger charge is -2.23. The Balaban J connectivity index is 1.17. The van der Waals surface area contributed by atoms with Gasteiger partial charge >= 0.3 is 0 Å². The highest BCUT2D eigenvalue weighted by Gasteiger charge is 2.38. The van der Waals surface area contributed by atoms with Gasteiger partial charge in [-0.1, -0.05) is 39.0 Å². The first-order valence-electron chi connectivity index (χ1n) is 13.1. The van der Waals surface area contributed by atoms with E-state index in [1.165, 1.54) is 4.90 Å². The van der Waals surface area contributed by atoms with Crippen molar-refractivity contribution in [1.29, 1.82) is 0 Å². The van der Waals surface area contributed by atoms with Gasteiger partial charge in [0.2, 0.25) is 0 Å². The highest BCUT2D eigenvalue weighted by atomic mass is 16.5. The van der Waals surface area contributed by atoms with Crippen molar-refractivity contribution in [2.75, 3.05) is 9.80 Å². The van der Waals surface area contributed by atoms with Crippen LogP contribution in [0.15, 0.2) is 91.0 Å². The first-order chi connectivity index (χ1) is 19.2. The molecule has 4 aromatic carbocycles. The van der Waals surface area contributed by atoms with Crippen molar-refractivity contribution < 1.29 is 23.9 Å². The summed E-state index contributed by atoms with van der Waals surface area (Å²) in [5, 5.41) is 0. The summed E-state index contributed by atoms with van der Waals surface area (Å²) in [6, 6.07) is 25.6. The maximum atomic E-state index is 13.2. The molecule has 4 aromatic rings. The summed E-state index contributed by atoms with van der Waals surface area (Å²) >= 11 is 0. The van der Waals surface area contributed by atoms with Crippen LogP contribution in [0.1, 0.15) is 74.2 Å². The van der Waals surface area contributed by atoms with Crippen LogP contribution >= 0.6 is 0 Å². The minimum Gasteiger partial charge on any atom is -0.457 e. The van der Waals surface area contributed by atoms with Crippen molar-refractivity contribution in [1.82, 2.24) is 0 Å². The lowest BCUT2D eigenvalue weighted by molar-refractivity contribution is 0.0910. The van der Waals surface area contributed by atoms with Gasteiger partial charge in [-0.15, -0.1) is 0 Å². The summed E-state index contributed by atoms with van der Waals surface area (Å²) in [5.74, 6) is -0.406. The Morgan fingerprint density at radius 1 is 0.575 bits per heavy atom. The predicted octanol–water partition coefficient (Wildman–Crippen LogP) is 6.77. The number of rotatable bonds is 6. The van der Waals surface area contributed by atoms with Gasteiger partial charge in [0.25, 0.3) is 23.6 Å². The molecule has 0 spiro atoms. The molecule has 0 N–H and O–H groups in total. The number of hydrogen-bond donors (Lipinski definition) is 0. The maximum absolute atomic E-state index is 13.2. The van der Waals surface area contributed by atoms with Crippen LogP contribution in [0.2, 0.25) is 0 Å². The molecule has 2 aliphatic heterocycles. The fraction of sp³-hybridized carbons (Fsp3) is 0.152. The van der Waals surface area contributed by atoms with E-state index in [2.05, 4.69) is 20.8 Å². The van der Waals surface area contributed by atoms with E-state index in [9.17, 15) is 19.2 Å². The van der Waals surface area contributed by atoms with Crippen LogP contribution in [0.5, 0.6) is 11.5 Å². The van der Waals surface area contributed by atoms with Crippen LogP contribution in [-0.4, -0.2) is 23.6 Å². The predicted molar refractivity (Wildman–Crippen MR) is 151 cm³/mol. The first-order valence-corrected chi connectivity index (χ1v) is 13.1. The van der Waals surface area contributed by atoms with Crippen LogP contribution in [0.25, 0.3) is 0 Å². The molecule has 0 aliphatic carbocycles. The lowest BCUT2D eigenvalue weighted by Crippen LogP contribution is -2.29. The van der Waals surface area contributed by atoms with Crippen LogP contribution in [-0.2, 0) is 5.41 Å². The second-order valence-electron chi connectivity index (χ2n) is 10.5. The molecule has 0 bridgehead atoms. The molecule has 4 amide bonds. The Morgan fingerprint density at radius 2 is 1.00 bits per heavy atom. The van der Waals surface area contributed by atoms with E-state index >= 15 is 0 Å². The molecular weight excluding hydrogens is 504 g/mol. The number of ether oxygens (including phenoxy) is 1. The number of amides is 4. The fourth-order valence-electron chi connectivity index (χ4n) is 4.99. The Morgan fingerprint density at radius 3 is 1.45 bits per heavy atom. The van der Waals surface area contributed by atoms with Gasteiger partial charge < -0.3 is 4.74 Å². The zero-order valence-electron chi connectivity index (χ0n) is 22.3. The molecular formula is C33H26N2O5. The second kappa shape index (κ2) is 9.31. The van der Waals surface area contributed by atoms with Crippen molar-refractivity contribution in [3.63, 3.8) is 0 Å². The number of carbonyl (C=O) groups excluding carboxylic acids is 4. The number of fused-ring (bicyclic) bond motifs is 2. The molecule has 198 valence electrons. The van der Waals surface area contributed by atoms with Gasteiger partial charge in [0.05, 0.1) is 33.6 Å². The Kier molecular flexibility index (Phi) is 5.88. The minimum absolute atomic E-state index is 0.104. The standard InChI is InChI=1S/C33H26N2O5/c1-4-33(2,3)20-9-18-27-28(19-20)32(39)35(31(27)38)22-12-16-24(17-13-22)40-23-14-10-21(11-15-23)34-29(36)25-7-5-6-8-26(25)30(34)37/h5-19H,4H2,1-3H3. The van der Waals surface area contributed by atoms with E-state index in [-0.39, 0.29) is 29.0 Å². The zero-order valence-corrected chi connectivity index (χ0v) is 22.3. The molecule has 0 unspecified atom stereocenters. The molecule has 40 heavy (non-hydrogen) atoms. The van der Waals surface area contributed by atoms with Crippen molar-refractivity contribution in [3.8, 4) is 11.5 Å². The number of carbonyl (C=O) groups is 4. The highest BCUT2D eigenvalue weighted by molar-refractivity contribution is 6.35. The molecule has 6 rings (SSSR count). The maximum Gasteiger partial charge on any atom is 0.266 e. The Bertz CT molecular complexity index is 1670. The monoisotopic (exact) mass is 530 g/mol. The summed E-state index contributed by atoms with van der Waals surface area (Å²) in [4.78, 5) is 54.1. The van der Waals surface area contributed by atoms with E-state index in [0.29, 0.717) is 45.1 Å². The zero-order chi connectivity index (χ0) is 28.2. The molecule has 0 saturated carbocycles. The Hall–Kier alpha value is -5.04. The molecule has 0 atom stereocenters. The number of imide groups is 2. The van der Waals surface area contributed by atoms with Crippen molar-refractivity contribution >= 4 is 35.0 Å². The minimum atomic E-state index is -0.358. The summed E-state index contributed by atoms with van der Waals surface area (Å²) in [6.07, 6.45) is 0.907. The van der Waals surface area contributed by atoms with Gasteiger partial charge in [-0.2, -0.15) is 0 Å². The van der Waals surface area contributed by atoms with Gasteiger partial charge in [0, 0.05) is 0 Å². The smallest absolute Gasteiger partial charge is 0.266 e. The number of hydrogen-bond acceptors (Lipinski definition) is 5. The molecule has 0 radical (unpaired) electrons. The molecule has 0 aromatic heterocycles. The van der Waals surface area contributed by atoms with Crippen molar-refractivity contribution in [3.05, 3.63) is 119 Å². The van der Waals surface area contributed by atoms with Gasteiger partial charge in [-0.05, 0) is 90.2 Å². The second-order valence-corrected chi connectivity index (χ2v) is 10.5. The lowest BCUT2D eigenvalue weighted by atomic mass is 9.81. The molecule has 0 saturated heterocycles. The number of anilines is 2. The van der Waals surface area contributed by atoms with Crippen LogP contribution in [0.3, 0.4) is 0 Å². The molecule has 2 heterocycles. The van der Waals surface area contributed by atoms with Gasteiger partial charge in [0.15, 0.2) is 0 Å². The Labute approximate surface area is 231 Å². The first kappa shape index (κ1) is 25.2. The quantitative estimate of drug-likeness (QED) is 0.257.